The minimum absolute atomic E-state index is 0.0308. The van der Waals surface area contributed by atoms with Crippen molar-refractivity contribution >= 4 is 21.6 Å². The summed E-state index contributed by atoms with van der Waals surface area (Å²) in [5, 5.41) is 0.204. The maximum atomic E-state index is 12.4. The van der Waals surface area contributed by atoms with Gasteiger partial charge in [0.15, 0.2) is 0 Å². The first kappa shape index (κ1) is 14.4. The lowest BCUT2D eigenvalue weighted by Crippen LogP contribution is -2.37. The summed E-state index contributed by atoms with van der Waals surface area (Å²) >= 11 is 6.06. The summed E-state index contributed by atoms with van der Waals surface area (Å²) in [5.41, 5.74) is 2.49. The lowest BCUT2D eigenvalue weighted by molar-refractivity contribution is 0.416. The van der Waals surface area contributed by atoms with Gasteiger partial charge in [0, 0.05) is 11.4 Å². The smallest absolute Gasteiger partial charge is 0.208 e. The average Bonchev–Trinajstić information content (AvgIpc) is 2.88. The van der Waals surface area contributed by atoms with Gasteiger partial charge in [0.1, 0.15) is 0 Å². The fraction of sp³-hybridized carbons (Fsp3) is 0.600. The number of benzene rings is 1. The molecule has 0 unspecified atom stereocenters. The van der Waals surface area contributed by atoms with Gasteiger partial charge in [-0.05, 0) is 68.2 Å². The van der Waals surface area contributed by atoms with Gasteiger partial charge in [-0.1, -0.05) is 6.07 Å². The molecule has 0 heterocycles. The number of nitrogens with one attached hydrogen (secondary N) is 1. The van der Waals surface area contributed by atoms with Gasteiger partial charge in [-0.15, -0.1) is 11.6 Å². The summed E-state index contributed by atoms with van der Waals surface area (Å²) < 4.78 is 27.7. The van der Waals surface area contributed by atoms with Crippen LogP contribution in [0.4, 0.5) is 0 Å². The Hall–Kier alpha value is -0.580. The fourth-order valence-corrected chi connectivity index (χ4v) is 4.78. The van der Waals surface area contributed by atoms with Crippen LogP contribution >= 0.6 is 11.6 Å². The molecule has 0 amide bonds. The van der Waals surface area contributed by atoms with Gasteiger partial charge in [0.25, 0.3) is 0 Å². The lowest BCUT2D eigenvalue weighted by atomic mass is 9.96. The zero-order valence-corrected chi connectivity index (χ0v) is 13.0. The van der Waals surface area contributed by atoms with Gasteiger partial charge >= 0.3 is 0 Å². The van der Waals surface area contributed by atoms with Gasteiger partial charge in [-0.2, -0.15) is 0 Å². The molecule has 3 rings (SSSR count). The van der Waals surface area contributed by atoms with E-state index in [0.717, 1.165) is 44.9 Å². The maximum Gasteiger partial charge on any atom is 0.240 e. The second-order valence-corrected chi connectivity index (χ2v) is 8.19. The minimum atomic E-state index is -3.39. The third kappa shape index (κ3) is 3.02. The van der Waals surface area contributed by atoms with Crippen LogP contribution in [-0.2, 0) is 22.9 Å². The molecular formula is C15H20ClNO2S. The monoisotopic (exact) mass is 313 g/mol. The van der Waals surface area contributed by atoms with Gasteiger partial charge in [0.2, 0.25) is 10.0 Å². The van der Waals surface area contributed by atoms with Gasteiger partial charge in [-0.25, -0.2) is 13.1 Å². The molecule has 1 fully saturated rings. The summed E-state index contributed by atoms with van der Waals surface area (Å²) in [7, 11) is -3.39. The van der Waals surface area contributed by atoms with E-state index in [4.69, 9.17) is 11.6 Å². The highest BCUT2D eigenvalue weighted by molar-refractivity contribution is 7.89. The highest BCUT2D eigenvalue weighted by Crippen LogP contribution is 2.27. The Labute approximate surface area is 125 Å². The molecule has 0 aromatic heterocycles. The Bertz CT molecular complexity index is 592. The molecule has 20 heavy (non-hydrogen) atoms. The molecular weight excluding hydrogens is 294 g/mol. The quantitative estimate of drug-likeness (QED) is 0.872. The Morgan fingerprint density at radius 1 is 1.05 bits per heavy atom. The molecule has 2 aliphatic carbocycles. The molecule has 1 N–H and O–H groups in total. The summed E-state index contributed by atoms with van der Waals surface area (Å²) in [5.74, 6) is 0. The summed E-state index contributed by atoms with van der Waals surface area (Å²) in [4.78, 5) is 0.408. The molecule has 3 nitrogen and oxygen atoms in total. The van der Waals surface area contributed by atoms with E-state index in [0.29, 0.717) is 4.90 Å². The molecule has 1 saturated carbocycles. The van der Waals surface area contributed by atoms with E-state index in [2.05, 4.69) is 4.72 Å². The predicted octanol–water partition coefficient (Wildman–Crippen LogP) is 3.00. The van der Waals surface area contributed by atoms with Crippen molar-refractivity contribution in [2.45, 2.75) is 61.3 Å². The van der Waals surface area contributed by atoms with Crippen LogP contribution < -0.4 is 4.72 Å². The molecule has 5 heteroatoms. The number of hydrogen-bond acceptors (Lipinski definition) is 2. The normalized spacial score (nSPS) is 26.4. The van der Waals surface area contributed by atoms with E-state index in [9.17, 15) is 8.42 Å². The Morgan fingerprint density at radius 2 is 1.75 bits per heavy atom. The summed E-state index contributed by atoms with van der Waals surface area (Å²) in [6, 6.07) is 5.58. The standard InChI is InChI=1S/C15H20ClNO2S/c16-13-5-7-14(8-6-13)17-20(18,19)15-9-4-11-2-1-3-12(11)10-15/h4,9-10,13-14,17H,1-3,5-8H2. The van der Waals surface area contributed by atoms with Crippen molar-refractivity contribution in [2.75, 3.05) is 0 Å². The first-order valence-electron chi connectivity index (χ1n) is 7.33. The molecule has 1 aromatic rings. The second kappa shape index (κ2) is 5.66. The Morgan fingerprint density at radius 3 is 2.50 bits per heavy atom. The molecule has 0 spiro atoms. The number of sulfonamides is 1. The number of alkyl halides is 1. The number of hydrogen-bond donors (Lipinski definition) is 1. The fourth-order valence-electron chi connectivity index (χ4n) is 3.17. The minimum Gasteiger partial charge on any atom is -0.208 e. The van der Waals surface area contributed by atoms with Gasteiger partial charge in [0.05, 0.1) is 4.90 Å². The van der Waals surface area contributed by atoms with Crippen LogP contribution in [-0.4, -0.2) is 19.8 Å². The van der Waals surface area contributed by atoms with Crippen molar-refractivity contribution in [1.29, 1.82) is 0 Å². The molecule has 0 atom stereocenters. The van der Waals surface area contributed by atoms with Crippen molar-refractivity contribution in [1.82, 2.24) is 4.72 Å². The molecule has 0 aliphatic heterocycles. The Balaban J connectivity index is 1.75. The zero-order valence-electron chi connectivity index (χ0n) is 11.4. The zero-order chi connectivity index (χ0) is 14.2. The maximum absolute atomic E-state index is 12.4. The van der Waals surface area contributed by atoms with E-state index in [1.807, 2.05) is 12.1 Å². The number of fused-ring (bicyclic) bond motifs is 1. The Kier molecular flexibility index (Phi) is 4.07. The van der Waals surface area contributed by atoms with E-state index < -0.39 is 10.0 Å². The van der Waals surface area contributed by atoms with Crippen LogP contribution in [0.5, 0.6) is 0 Å². The van der Waals surface area contributed by atoms with Crippen molar-refractivity contribution in [3.8, 4) is 0 Å². The van der Waals surface area contributed by atoms with E-state index in [1.54, 1.807) is 6.07 Å². The number of aryl methyl sites for hydroxylation is 2. The average molecular weight is 314 g/mol. The SMILES string of the molecule is O=S(=O)(NC1CCC(Cl)CC1)c1ccc2c(c1)CCC2. The molecule has 0 bridgehead atoms. The van der Waals surface area contributed by atoms with Crippen molar-refractivity contribution in [2.24, 2.45) is 0 Å². The van der Waals surface area contributed by atoms with Crippen LogP contribution in [0.25, 0.3) is 0 Å². The molecule has 1 aromatic carbocycles. The molecule has 2 aliphatic rings. The molecule has 0 saturated heterocycles. The first-order chi connectivity index (χ1) is 9.54. The van der Waals surface area contributed by atoms with Crippen LogP contribution in [0.2, 0.25) is 0 Å². The lowest BCUT2D eigenvalue weighted by Gasteiger charge is -2.25. The van der Waals surface area contributed by atoms with Gasteiger partial charge in [-0.3, -0.25) is 0 Å². The number of halogens is 1. The molecule has 110 valence electrons. The second-order valence-electron chi connectivity index (χ2n) is 5.85. The molecule has 0 radical (unpaired) electrons. The third-order valence-electron chi connectivity index (χ3n) is 4.36. The van der Waals surface area contributed by atoms with Crippen LogP contribution in [0.1, 0.15) is 43.2 Å². The van der Waals surface area contributed by atoms with Gasteiger partial charge < -0.3 is 0 Å². The van der Waals surface area contributed by atoms with Crippen LogP contribution in [0.15, 0.2) is 23.1 Å². The predicted molar refractivity (Wildman–Crippen MR) is 80.7 cm³/mol. The van der Waals surface area contributed by atoms with E-state index in [1.165, 1.54) is 11.1 Å². The third-order valence-corrected chi connectivity index (χ3v) is 6.31. The first-order valence-corrected chi connectivity index (χ1v) is 9.25. The summed E-state index contributed by atoms with van der Waals surface area (Å²) in [6.07, 6.45) is 6.64. The van der Waals surface area contributed by atoms with Crippen molar-refractivity contribution in [3.63, 3.8) is 0 Å². The van der Waals surface area contributed by atoms with E-state index in [-0.39, 0.29) is 11.4 Å². The summed E-state index contributed by atoms with van der Waals surface area (Å²) in [6.45, 7) is 0. The topological polar surface area (TPSA) is 46.2 Å². The highest BCUT2D eigenvalue weighted by Gasteiger charge is 2.25. The highest BCUT2D eigenvalue weighted by atomic mass is 35.5. The van der Waals surface area contributed by atoms with E-state index >= 15 is 0 Å². The van der Waals surface area contributed by atoms with Crippen LogP contribution in [0.3, 0.4) is 0 Å². The van der Waals surface area contributed by atoms with Crippen LogP contribution in [0, 0.1) is 0 Å². The van der Waals surface area contributed by atoms with Crippen molar-refractivity contribution in [3.05, 3.63) is 29.3 Å². The largest absolute Gasteiger partial charge is 0.240 e. The van der Waals surface area contributed by atoms with Crippen molar-refractivity contribution < 1.29 is 8.42 Å². The number of rotatable bonds is 3.